The average Bonchev–Trinajstić information content (AvgIpc) is 3.25. The van der Waals surface area contributed by atoms with Crippen LogP contribution in [0.25, 0.3) is 27.8 Å². The first-order valence-electron chi connectivity index (χ1n) is 9.32. The van der Waals surface area contributed by atoms with E-state index in [1.165, 1.54) is 0 Å². The van der Waals surface area contributed by atoms with Crippen molar-refractivity contribution in [2.45, 2.75) is 13.8 Å². The molecular formula is C21H17ClN8. The maximum Gasteiger partial charge on any atom is 0.265 e. The van der Waals surface area contributed by atoms with Gasteiger partial charge in [-0.05, 0) is 38.1 Å². The molecule has 0 unspecified atom stereocenters. The highest BCUT2D eigenvalue weighted by molar-refractivity contribution is 6.32. The zero-order chi connectivity index (χ0) is 20.7. The van der Waals surface area contributed by atoms with Crippen molar-refractivity contribution in [3.8, 4) is 5.69 Å². The van der Waals surface area contributed by atoms with E-state index in [4.69, 9.17) is 11.6 Å². The van der Waals surface area contributed by atoms with Crippen LogP contribution in [0.2, 0.25) is 5.15 Å². The molecule has 30 heavy (non-hydrogen) atoms. The van der Waals surface area contributed by atoms with Crippen LogP contribution in [0.4, 0.5) is 5.95 Å². The van der Waals surface area contributed by atoms with Crippen LogP contribution in [0, 0.1) is 13.8 Å². The number of para-hydroxylation sites is 1. The number of halogens is 1. The SMILES string of the molecule is Cc1ccc2[nH]c3nc(N/N=C/c4c(C)nn(-c5ccccc5)c4Cl)nnc3c2c1. The molecule has 0 atom stereocenters. The summed E-state index contributed by atoms with van der Waals surface area (Å²) in [6, 6.07) is 15.8. The highest BCUT2D eigenvalue weighted by Gasteiger charge is 2.13. The van der Waals surface area contributed by atoms with Crippen LogP contribution < -0.4 is 5.43 Å². The Hall–Kier alpha value is -3.78. The minimum absolute atomic E-state index is 0.284. The van der Waals surface area contributed by atoms with E-state index in [1.54, 1.807) is 10.9 Å². The molecule has 0 saturated carbocycles. The molecule has 2 N–H and O–H groups in total. The number of rotatable bonds is 4. The second kappa shape index (κ2) is 7.23. The molecule has 0 aliphatic rings. The van der Waals surface area contributed by atoms with E-state index in [0.29, 0.717) is 16.4 Å². The Kier molecular flexibility index (Phi) is 4.40. The third kappa shape index (κ3) is 3.17. The van der Waals surface area contributed by atoms with E-state index in [-0.39, 0.29) is 5.95 Å². The monoisotopic (exact) mass is 416 g/mol. The van der Waals surface area contributed by atoms with Gasteiger partial charge in [0.2, 0.25) is 0 Å². The van der Waals surface area contributed by atoms with Gasteiger partial charge in [0, 0.05) is 10.9 Å². The lowest BCUT2D eigenvalue weighted by molar-refractivity contribution is 0.863. The van der Waals surface area contributed by atoms with Gasteiger partial charge in [-0.2, -0.15) is 15.2 Å². The number of hydrazone groups is 1. The van der Waals surface area contributed by atoms with Crippen molar-refractivity contribution in [2.24, 2.45) is 5.10 Å². The van der Waals surface area contributed by atoms with E-state index in [1.807, 2.05) is 56.3 Å². The number of aromatic nitrogens is 6. The summed E-state index contributed by atoms with van der Waals surface area (Å²) in [4.78, 5) is 7.72. The van der Waals surface area contributed by atoms with Crippen LogP contribution in [0.5, 0.6) is 0 Å². The molecule has 0 saturated heterocycles. The molecule has 2 aromatic carbocycles. The molecule has 0 aliphatic carbocycles. The Morgan fingerprint density at radius 2 is 1.93 bits per heavy atom. The lowest BCUT2D eigenvalue weighted by Crippen LogP contribution is -1.99. The number of benzene rings is 2. The van der Waals surface area contributed by atoms with E-state index in [9.17, 15) is 0 Å². The van der Waals surface area contributed by atoms with Crippen molar-refractivity contribution in [1.29, 1.82) is 0 Å². The lowest BCUT2D eigenvalue weighted by Gasteiger charge is -2.01. The fourth-order valence-corrected chi connectivity index (χ4v) is 3.61. The summed E-state index contributed by atoms with van der Waals surface area (Å²) in [5, 5.41) is 18.6. The van der Waals surface area contributed by atoms with Crippen molar-refractivity contribution in [2.75, 3.05) is 5.43 Å². The van der Waals surface area contributed by atoms with Crippen molar-refractivity contribution >= 4 is 45.8 Å². The first kappa shape index (κ1) is 18.3. The third-order valence-electron chi connectivity index (χ3n) is 4.78. The predicted octanol–water partition coefficient (Wildman–Crippen LogP) is 4.41. The Bertz CT molecular complexity index is 1400. The van der Waals surface area contributed by atoms with Gasteiger partial charge in [-0.15, -0.1) is 10.2 Å². The van der Waals surface area contributed by atoms with Gasteiger partial charge in [-0.25, -0.2) is 10.1 Å². The van der Waals surface area contributed by atoms with Crippen molar-refractivity contribution in [3.63, 3.8) is 0 Å². The summed E-state index contributed by atoms with van der Waals surface area (Å²) >= 11 is 6.51. The maximum atomic E-state index is 6.51. The number of aromatic amines is 1. The van der Waals surface area contributed by atoms with Gasteiger partial charge in [0.25, 0.3) is 5.95 Å². The first-order chi connectivity index (χ1) is 14.6. The summed E-state index contributed by atoms with van der Waals surface area (Å²) < 4.78 is 1.68. The molecule has 5 aromatic rings. The number of nitrogens with zero attached hydrogens (tertiary/aromatic N) is 6. The standard InChI is InChI=1S/C21H17ClN8/c1-12-8-9-17-15(10-12)18-20(24-17)25-21(28-26-18)27-23-11-16-13(2)29-30(19(16)22)14-6-4-3-5-7-14/h3-11H,1-2H3,(H2,24,25,27,28)/b23-11+. The van der Waals surface area contributed by atoms with Gasteiger partial charge in [0.05, 0.1) is 23.2 Å². The number of aryl methyl sites for hydroxylation is 2. The maximum absolute atomic E-state index is 6.51. The molecule has 0 bridgehead atoms. The number of hydrogen-bond acceptors (Lipinski definition) is 6. The Morgan fingerprint density at radius 1 is 1.10 bits per heavy atom. The summed E-state index contributed by atoms with van der Waals surface area (Å²) in [6.07, 6.45) is 1.60. The summed E-state index contributed by atoms with van der Waals surface area (Å²) in [6.45, 7) is 3.92. The number of nitrogens with one attached hydrogen (secondary N) is 2. The van der Waals surface area contributed by atoms with Gasteiger partial charge in [0.15, 0.2) is 5.65 Å². The highest BCUT2D eigenvalue weighted by Crippen LogP contribution is 2.24. The van der Waals surface area contributed by atoms with Gasteiger partial charge in [0.1, 0.15) is 10.7 Å². The summed E-state index contributed by atoms with van der Waals surface area (Å²) in [7, 11) is 0. The van der Waals surface area contributed by atoms with E-state index in [2.05, 4.69) is 41.9 Å². The molecule has 0 fully saturated rings. The average molecular weight is 417 g/mol. The minimum atomic E-state index is 0.284. The van der Waals surface area contributed by atoms with Gasteiger partial charge in [-0.1, -0.05) is 41.4 Å². The summed E-state index contributed by atoms with van der Waals surface area (Å²) in [5.41, 5.74) is 8.66. The van der Waals surface area contributed by atoms with E-state index >= 15 is 0 Å². The van der Waals surface area contributed by atoms with Crippen LogP contribution in [0.3, 0.4) is 0 Å². The van der Waals surface area contributed by atoms with Crippen molar-refractivity contribution in [1.82, 2.24) is 29.9 Å². The third-order valence-corrected chi connectivity index (χ3v) is 5.14. The molecular weight excluding hydrogens is 400 g/mol. The molecule has 0 aliphatic heterocycles. The molecule has 0 spiro atoms. The predicted molar refractivity (Wildman–Crippen MR) is 118 cm³/mol. The van der Waals surface area contributed by atoms with Crippen LogP contribution in [-0.4, -0.2) is 36.2 Å². The zero-order valence-corrected chi connectivity index (χ0v) is 17.0. The van der Waals surface area contributed by atoms with Gasteiger partial charge in [-0.3, -0.25) is 0 Å². The smallest absolute Gasteiger partial charge is 0.265 e. The normalized spacial score (nSPS) is 11.7. The Morgan fingerprint density at radius 3 is 2.77 bits per heavy atom. The largest absolute Gasteiger partial charge is 0.338 e. The van der Waals surface area contributed by atoms with Crippen molar-refractivity contribution in [3.05, 3.63) is 70.5 Å². The first-order valence-corrected chi connectivity index (χ1v) is 9.70. The second-order valence-corrected chi connectivity index (χ2v) is 7.27. The number of H-pyrrole nitrogens is 1. The van der Waals surface area contributed by atoms with Crippen LogP contribution in [0.15, 0.2) is 53.6 Å². The van der Waals surface area contributed by atoms with Gasteiger partial charge >= 0.3 is 0 Å². The summed E-state index contributed by atoms with van der Waals surface area (Å²) in [5.74, 6) is 0.284. The second-order valence-electron chi connectivity index (χ2n) is 6.91. The quantitative estimate of drug-likeness (QED) is 0.334. The molecule has 8 nitrogen and oxygen atoms in total. The highest BCUT2D eigenvalue weighted by atomic mass is 35.5. The Labute approximate surface area is 176 Å². The zero-order valence-electron chi connectivity index (χ0n) is 16.3. The number of hydrogen-bond donors (Lipinski definition) is 2. The van der Waals surface area contributed by atoms with Crippen molar-refractivity contribution < 1.29 is 0 Å². The minimum Gasteiger partial charge on any atom is -0.338 e. The lowest BCUT2D eigenvalue weighted by atomic mass is 10.2. The molecule has 5 rings (SSSR count). The van der Waals surface area contributed by atoms with Crippen LogP contribution in [0.1, 0.15) is 16.8 Å². The van der Waals surface area contributed by atoms with Gasteiger partial charge < -0.3 is 4.98 Å². The number of anilines is 1. The fourth-order valence-electron chi connectivity index (χ4n) is 3.29. The molecule has 148 valence electrons. The molecule has 9 heteroatoms. The van der Waals surface area contributed by atoms with Crippen LogP contribution in [-0.2, 0) is 0 Å². The fraction of sp³-hybridized carbons (Fsp3) is 0.0952. The van der Waals surface area contributed by atoms with Crippen LogP contribution >= 0.6 is 11.6 Å². The topological polar surface area (TPSA) is 96.7 Å². The molecule has 3 heterocycles. The van der Waals surface area contributed by atoms with E-state index in [0.717, 1.165) is 33.4 Å². The number of fused-ring (bicyclic) bond motifs is 3. The molecule has 0 amide bonds. The molecule has 0 radical (unpaired) electrons. The Balaban J connectivity index is 1.41. The van der Waals surface area contributed by atoms with E-state index < -0.39 is 0 Å². The molecule has 3 aromatic heterocycles.